The Kier molecular flexibility index (Phi) is 4.10. The van der Waals surface area contributed by atoms with Gasteiger partial charge in [0.2, 0.25) is 0 Å². The van der Waals surface area contributed by atoms with E-state index in [-0.39, 0.29) is 5.97 Å². The molecule has 2 rings (SSSR count). The van der Waals surface area contributed by atoms with E-state index in [1.807, 2.05) is 26.0 Å². The lowest BCUT2D eigenvalue weighted by Crippen LogP contribution is -2.07. The summed E-state index contributed by atoms with van der Waals surface area (Å²) in [6.07, 6.45) is 0. The van der Waals surface area contributed by atoms with E-state index in [0.29, 0.717) is 12.2 Å². The van der Waals surface area contributed by atoms with Gasteiger partial charge in [-0.1, -0.05) is 0 Å². The quantitative estimate of drug-likeness (QED) is 0.799. The highest BCUT2D eigenvalue weighted by Crippen LogP contribution is 2.26. The number of hydrogen-bond donors (Lipinski definition) is 0. The molecule has 0 spiro atoms. The van der Waals surface area contributed by atoms with Crippen molar-refractivity contribution >= 4 is 21.9 Å². The van der Waals surface area contributed by atoms with Gasteiger partial charge in [-0.15, -0.1) is 0 Å². The summed E-state index contributed by atoms with van der Waals surface area (Å²) >= 11 is 3.54. The predicted molar refractivity (Wildman–Crippen MR) is 78.9 cm³/mol. The normalized spacial score (nSPS) is 10.5. The number of ether oxygens (including phenoxy) is 1. The first kappa shape index (κ1) is 13.9. The predicted octanol–water partition coefficient (Wildman–Crippen LogP) is 4.03. The highest BCUT2D eigenvalue weighted by Gasteiger charge is 2.12. The Morgan fingerprint density at radius 3 is 2.42 bits per heavy atom. The number of hydrogen-bond acceptors (Lipinski definition) is 2. The highest BCUT2D eigenvalue weighted by atomic mass is 79.9. The molecule has 0 amide bonds. The van der Waals surface area contributed by atoms with Gasteiger partial charge >= 0.3 is 5.97 Å². The van der Waals surface area contributed by atoms with Gasteiger partial charge in [-0.2, -0.15) is 0 Å². The highest BCUT2D eigenvalue weighted by molar-refractivity contribution is 9.10. The van der Waals surface area contributed by atoms with Crippen LogP contribution in [0.15, 0.2) is 34.8 Å². The first-order chi connectivity index (χ1) is 9.04. The average Bonchev–Trinajstić information content (AvgIpc) is 2.70. The zero-order valence-electron chi connectivity index (χ0n) is 11.2. The maximum absolute atomic E-state index is 11.8. The Bertz CT molecular complexity index is 597. The van der Waals surface area contributed by atoms with Crippen molar-refractivity contribution in [3.8, 4) is 5.69 Å². The topological polar surface area (TPSA) is 31.2 Å². The Balaban J connectivity index is 2.52. The van der Waals surface area contributed by atoms with E-state index in [0.717, 1.165) is 21.5 Å². The smallest absolute Gasteiger partial charge is 0.338 e. The monoisotopic (exact) mass is 321 g/mol. The van der Waals surface area contributed by atoms with Crippen LogP contribution >= 0.6 is 15.9 Å². The summed E-state index contributed by atoms with van der Waals surface area (Å²) in [5.41, 5.74) is 3.76. The molecule has 0 N–H and O–H groups in total. The molecular weight excluding hydrogens is 306 g/mol. The van der Waals surface area contributed by atoms with Gasteiger partial charge in [0.1, 0.15) is 0 Å². The molecule has 3 nitrogen and oxygen atoms in total. The van der Waals surface area contributed by atoms with Crippen LogP contribution in [0.2, 0.25) is 0 Å². The van der Waals surface area contributed by atoms with Crippen LogP contribution in [0.1, 0.15) is 28.7 Å². The van der Waals surface area contributed by atoms with Gasteiger partial charge in [0, 0.05) is 15.9 Å². The summed E-state index contributed by atoms with van der Waals surface area (Å²) in [6, 6.07) is 9.60. The molecular formula is C15H16BrNO2. The molecule has 1 heterocycles. The zero-order chi connectivity index (χ0) is 14.0. The molecule has 1 aromatic heterocycles. The van der Waals surface area contributed by atoms with E-state index in [2.05, 4.69) is 32.6 Å². The van der Waals surface area contributed by atoms with Crippen molar-refractivity contribution in [3.63, 3.8) is 0 Å². The van der Waals surface area contributed by atoms with E-state index in [9.17, 15) is 4.79 Å². The van der Waals surface area contributed by atoms with Gasteiger partial charge in [0.25, 0.3) is 0 Å². The molecule has 0 fully saturated rings. The molecule has 0 bridgehead atoms. The van der Waals surface area contributed by atoms with Crippen molar-refractivity contribution in [3.05, 3.63) is 51.8 Å². The van der Waals surface area contributed by atoms with Crippen molar-refractivity contribution in [2.24, 2.45) is 0 Å². The van der Waals surface area contributed by atoms with Crippen LogP contribution in [-0.4, -0.2) is 17.1 Å². The SMILES string of the molecule is CCOC(=O)c1ccc(Br)c(-n2c(C)ccc2C)c1. The minimum absolute atomic E-state index is 0.293. The molecule has 0 saturated carbocycles. The standard InChI is InChI=1S/C15H16BrNO2/c1-4-19-15(18)12-7-8-13(16)14(9-12)17-10(2)5-6-11(17)3/h5-9H,4H2,1-3H3. The Morgan fingerprint density at radius 2 is 1.84 bits per heavy atom. The average molecular weight is 322 g/mol. The number of aryl methyl sites for hydroxylation is 2. The lowest BCUT2D eigenvalue weighted by atomic mass is 10.2. The van der Waals surface area contributed by atoms with Crippen molar-refractivity contribution in [2.75, 3.05) is 6.61 Å². The fourth-order valence-electron chi connectivity index (χ4n) is 2.07. The van der Waals surface area contributed by atoms with E-state index in [1.165, 1.54) is 0 Å². The van der Waals surface area contributed by atoms with Gasteiger partial charge in [-0.05, 0) is 67.0 Å². The van der Waals surface area contributed by atoms with Crippen molar-refractivity contribution < 1.29 is 9.53 Å². The van der Waals surface area contributed by atoms with Crippen molar-refractivity contribution in [2.45, 2.75) is 20.8 Å². The van der Waals surface area contributed by atoms with Crippen LogP contribution in [-0.2, 0) is 4.74 Å². The molecule has 100 valence electrons. The van der Waals surface area contributed by atoms with Gasteiger partial charge < -0.3 is 9.30 Å². The van der Waals surface area contributed by atoms with E-state index >= 15 is 0 Å². The second-order valence-electron chi connectivity index (χ2n) is 4.34. The van der Waals surface area contributed by atoms with Gasteiger partial charge in [-0.25, -0.2) is 4.79 Å². The van der Waals surface area contributed by atoms with Crippen molar-refractivity contribution in [1.82, 2.24) is 4.57 Å². The molecule has 1 aromatic carbocycles. The zero-order valence-corrected chi connectivity index (χ0v) is 12.8. The minimum atomic E-state index is -0.293. The number of halogens is 1. The largest absolute Gasteiger partial charge is 0.462 e. The molecule has 0 aliphatic rings. The first-order valence-corrected chi connectivity index (χ1v) is 6.96. The van der Waals surface area contributed by atoms with Gasteiger partial charge in [-0.3, -0.25) is 0 Å². The second-order valence-corrected chi connectivity index (χ2v) is 5.19. The third kappa shape index (κ3) is 2.73. The number of benzene rings is 1. The van der Waals surface area contributed by atoms with Crippen LogP contribution in [0.25, 0.3) is 5.69 Å². The molecule has 0 saturated heterocycles. The Labute approximate surface area is 121 Å². The van der Waals surface area contributed by atoms with E-state index in [4.69, 9.17) is 4.74 Å². The van der Waals surface area contributed by atoms with Crippen LogP contribution < -0.4 is 0 Å². The Morgan fingerprint density at radius 1 is 1.21 bits per heavy atom. The molecule has 0 atom stereocenters. The number of nitrogens with zero attached hydrogens (tertiary/aromatic N) is 1. The number of rotatable bonds is 3. The third-order valence-electron chi connectivity index (χ3n) is 2.97. The second kappa shape index (κ2) is 5.61. The maximum Gasteiger partial charge on any atom is 0.338 e. The molecule has 0 unspecified atom stereocenters. The third-order valence-corrected chi connectivity index (χ3v) is 3.64. The number of esters is 1. The summed E-state index contributed by atoms with van der Waals surface area (Å²) < 4.78 is 8.09. The van der Waals surface area contributed by atoms with E-state index < -0.39 is 0 Å². The van der Waals surface area contributed by atoms with Crippen molar-refractivity contribution in [1.29, 1.82) is 0 Å². The van der Waals surface area contributed by atoms with Gasteiger partial charge in [0.05, 0.1) is 17.9 Å². The number of carbonyl (C=O) groups excluding carboxylic acids is 1. The van der Waals surface area contributed by atoms with Crippen LogP contribution in [0.5, 0.6) is 0 Å². The Hall–Kier alpha value is -1.55. The summed E-state index contributed by atoms with van der Waals surface area (Å²) in [6.45, 7) is 6.26. The van der Waals surface area contributed by atoms with Crippen LogP contribution in [0, 0.1) is 13.8 Å². The summed E-state index contributed by atoms with van der Waals surface area (Å²) in [5, 5.41) is 0. The molecule has 0 aliphatic carbocycles. The summed E-state index contributed by atoms with van der Waals surface area (Å²) in [7, 11) is 0. The lowest BCUT2D eigenvalue weighted by molar-refractivity contribution is 0.0526. The fourth-order valence-corrected chi connectivity index (χ4v) is 2.50. The molecule has 0 radical (unpaired) electrons. The maximum atomic E-state index is 11.8. The van der Waals surface area contributed by atoms with Crippen LogP contribution in [0.4, 0.5) is 0 Å². The fraction of sp³-hybridized carbons (Fsp3) is 0.267. The lowest BCUT2D eigenvalue weighted by Gasteiger charge is -2.13. The molecule has 2 aromatic rings. The van der Waals surface area contributed by atoms with Crippen LogP contribution in [0.3, 0.4) is 0 Å². The number of aromatic nitrogens is 1. The minimum Gasteiger partial charge on any atom is -0.462 e. The molecule has 19 heavy (non-hydrogen) atoms. The van der Waals surface area contributed by atoms with Gasteiger partial charge in [0.15, 0.2) is 0 Å². The summed E-state index contributed by atoms with van der Waals surface area (Å²) in [5.74, 6) is -0.293. The first-order valence-electron chi connectivity index (χ1n) is 6.16. The number of carbonyl (C=O) groups is 1. The molecule has 0 aliphatic heterocycles. The van der Waals surface area contributed by atoms with E-state index in [1.54, 1.807) is 13.0 Å². The summed E-state index contributed by atoms with van der Waals surface area (Å²) in [4.78, 5) is 11.8. The molecule has 4 heteroatoms.